The molecule has 5 nitrogen and oxygen atoms in total. The number of nitrogens with two attached hydrogens (primary N) is 1. The van der Waals surface area contributed by atoms with Gasteiger partial charge in [0, 0.05) is 12.5 Å². The molecule has 0 atom stereocenters. The lowest BCUT2D eigenvalue weighted by atomic mass is 10.1. The summed E-state index contributed by atoms with van der Waals surface area (Å²) >= 11 is 5.92. The fraction of sp³-hybridized carbons (Fsp3) is 0.364. The fourth-order valence-corrected chi connectivity index (χ4v) is 1.76. The van der Waals surface area contributed by atoms with Crippen LogP contribution in [0, 0.1) is 0 Å². The van der Waals surface area contributed by atoms with Crippen LogP contribution in [0.5, 0.6) is 17.2 Å². The molecule has 1 rings (SSSR count). The van der Waals surface area contributed by atoms with Crippen LogP contribution >= 0.6 is 11.6 Å². The summed E-state index contributed by atoms with van der Waals surface area (Å²) in [6.45, 7) is 0.183. The van der Waals surface area contributed by atoms with E-state index in [4.69, 9.17) is 26.8 Å². The highest BCUT2D eigenvalue weighted by Gasteiger charge is 2.22. The molecule has 94 valence electrons. The Hall–Kier alpha value is -1.46. The molecule has 1 aromatic rings. The molecule has 0 unspecified atom stereocenters. The van der Waals surface area contributed by atoms with Crippen LogP contribution in [-0.2, 0) is 0 Å². The molecule has 0 radical (unpaired) electrons. The van der Waals surface area contributed by atoms with E-state index in [1.54, 1.807) is 0 Å². The Kier molecular flexibility index (Phi) is 4.60. The molecule has 0 saturated heterocycles. The first-order valence-corrected chi connectivity index (χ1v) is 5.31. The minimum atomic E-state index is -0.337. The minimum absolute atomic E-state index is 0.00904. The van der Waals surface area contributed by atoms with Crippen LogP contribution in [0.1, 0.15) is 16.8 Å². The first-order chi connectivity index (χ1) is 8.06. The van der Waals surface area contributed by atoms with E-state index >= 15 is 0 Å². The van der Waals surface area contributed by atoms with Gasteiger partial charge in [-0.25, -0.2) is 0 Å². The number of rotatable bonds is 5. The quantitative estimate of drug-likeness (QED) is 0.785. The van der Waals surface area contributed by atoms with Gasteiger partial charge in [-0.1, -0.05) is 11.6 Å². The van der Waals surface area contributed by atoms with Gasteiger partial charge in [0.05, 0.1) is 24.8 Å². The summed E-state index contributed by atoms with van der Waals surface area (Å²) in [5.41, 5.74) is 5.30. The monoisotopic (exact) mass is 259 g/mol. The van der Waals surface area contributed by atoms with Crippen molar-refractivity contribution in [3.8, 4) is 17.2 Å². The average molecular weight is 260 g/mol. The minimum Gasteiger partial charge on any atom is -0.504 e. The second kappa shape index (κ2) is 5.75. The molecular weight excluding hydrogens is 246 g/mol. The SMILES string of the molecule is COc1cc(Cl)c(C(=O)CCN)c(O)c1OC. The van der Waals surface area contributed by atoms with Crippen LogP contribution in [-0.4, -0.2) is 31.7 Å². The topological polar surface area (TPSA) is 81.8 Å². The Bertz CT molecular complexity index is 434. The number of ketones is 1. The predicted molar refractivity (Wildman–Crippen MR) is 64.2 cm³/mol. The van der Waals surface area contributed by atoms with Gasteiger partial charge in [-0.05, 0) is 6.54 Å². The molecule has 0 bridgehead atoms. The summed E-state index contributed by atoms with van der Waals surface area (Å²) in [7, 11) is 2.78. The zero-order valence-corrected chi connectivity index (χ0v) is 10.4. The van der Waals surface area contributed by atoms with Gasteiger partial charge in [-0.15, -0.1) is 0 Å². The number of phenols is 1. The number of Topliss-reactive ketones (excluding diaryl/α,β-unsaturated/α-hetero) is 1. The van der Waals surface area contributed by atoms with Crippen molar-refractivity contribution in [2.75, 3.05) is 20.8 Å². The maximum atomic E-state index is 11.7. The van der Waals surface area contributed by atoms with Gasteiger partial charge < -0.3 is 20.3 Å². The standard InChI is InChI=1S/C11H14ClNO4/c1-16-8-5-6(12)9(7(14)3-4-13)10(15)11(8)17-2/h5,15H,3-4,13H2,1-2H3. The third kappa shape index (κ3) is 2.62. The van der Waals surface area contributed by atoms with Gasteiger partial charge >= 0.3 is 0 Å². The first-order valence-electron chi connectivity index (χ1n) is 4.93. The Morgan fingerprint density at radius 2 is 2.12 bits per heavy atom. The van der Waals surface area contributed by atoms with Crippen LogP contribution in [0.15, 0.2) is 6.07 Å². The van der Waals surface area contributed by atoms with Crippen molar-refractivity contribution < 1.29 is 19.4 Å². The summed E-state index contributed by atoms with van der Waals surface area (Å²) < 4.78 is 9.96. The van der Waals surface area contributed by atoms with Crippen molar-refractivity contribution in [2.45, 2.75) is 6.42 Å². The van der Waals surface area contributed by atoms with Gasteiger partial charge in [-0.3, -0.25) is 4.79 Å². The van der Waals surface area contributed by atoms with Crippen LogP contribution < -0.4 is 15.2 Å². The van der Waals surface area contributed by atoms with E-state index in [0.717, 1.165) is 0 Å². The van der Waals surface area contributed by atoms with E-state index in [0.29, 0.717) is 0 Å². The second-order valence-corrected chi connectivity index (χ2v) is 3.69. The highest BCUT2D eigenvalue weighted by atomic mass is 35.5. The van der Waals surface area contributed by atoms with E-state index in [1.165, 1.54) is 20.3 Å². The first kappa shape index (κ1) is 13.6. The molecule has 0 aliphatic heterocycles. The third-order valence-electron chi connectivity index (χ3n) is 2.25. The molecule has 0 amide bonds. The van der Waals surface area contributed by atoms with Crippen molar-refractivity contribution in [3.05, 3.63) is 16.7 Å². The molecule has 0 spiro atoms. The zero-order chi connectivity index (χ0) is 13.0. The van der Waals surface area contributed by atoms with E-state index < -0.39 is 0 Å². The fourth-order valence-electron chi connectivity index (χ4n) is 1.47. The van der Waals surface area contributed by atoms with Gasteiger partial charge in [0.1, 0.15) is 0 Å². The maximum Gasteiger partial charge on any atom is 0.203 e. The Labute approximate surface area is 104 Å². The summed E-state index contributed by atoms with van der Waals surface area (Å²) in [5, 5.41) is 10.0. The Balaban J connectivity index is 3.36. The van der Waals surface area contributed by atoms with Crippen molar-refractivity contribution >= 4 is 17.4 Å². The molecule has 1 aromatic carbocycles. The lowest BCUT2D eigenvalue weighted by Gasteiger charge is -2.13. The van der Waals surface area contributed by atoms with Crippen LogP contribution in [0.2, 0.25) is 5.02 Å². The largest absolute Gasteiger partial charge is 0.504 e. The molecule has 0 saturated carbocycles. The lowest BCUT2D eigenvalue weighted by molar-refractivity contribution is 0.0982. The Morgan fingerprint density at radius 1 is 1.47 bits per heavy atom. The van der Waals surface area contributed by atoms with Gasteiger partial charge in [0.2, 0.25) is 5.75 Å². The number of hydrogen-bond acceptors (Lipinski definition) is 5. The van der Waals surface area contributed by atoms with Crippen molar-refractivity contribution in [3.63, 3.8) is 0 Å². The number of methoxy groups -OCH3 is 2. The van der Waals surface area contributed by atoms with Gasteiger partial charge in [-0.2, -0.15) is 0 Å². The van der Waals surface area contributed by atoms with Gasteiger partial charge in [0.25, 0.3) is 0 Å². The number of carbonyl (C=O) groups is 1. The summed E-state index contributed by atoms with van der Waals surface area (Å²) in [6, 6.07) is 1.42. The number of phenolic OH excluding ortho intramolecular Hbond substituents is 1. The molecule has 0 fully saturated rings. The third-order valence-corrected chi connectivity index (χ3v) is 2.54. The zero-order valence-electron chi connectivity index (χ0n) is 9.62. The van der Waals surface area contributed by atoms with Crippen LogP contribution in [0.3, 0.4) is 0 Å². The molecule has 3 N–H and O–H groups in total. The molecular formula is C11H14ClNO4. The molecule has 17 heavy (non-hydrogen) atoms. The number of ether oxygens (including phenoxy) is 2. The van der Waals surface area contributed by atoms with Crippen LogP contribution in [0.4, 0.5) is 0 Å². The molecule has 0 aromatic heterocycles. The predicted octanol–water partition coefficient (Wildman–Crippen LogP) is 1.59. The smallest absolute Gasteiger partial charge is 0.203 e. The number of halogens is 1. The summed E-state index contributed by atoms with van der Waals surface area (Å²) in [5.74, 6) is -0.317. The molecule has 0 heterocycles. The summed E-state index contributed by atoms with van der Waals surface area (Å²) in [6.07, 6.45) is 0.1000. The number of hydrogen-bond donors (Lipinski definition) is 2. The van der Waals surface area contributed by atoms with Crippen molar-refractivity contribution in [2.24, 2.45) is 5.73 Å². The lowest BCUT2D eigenvalue weighted by Crippen LogP contribution is -2.09. The summed E-state index contributed by atoms with van der Waals surface area (Å²) in [4.78, 5) is 11.7. The van der Waals surface area contributed by atoms with E-state index in [2.05, 4.69) is 0 Å². The highest BCUT2D eigenvalue weighted by molar-refractivity contribution is 6.34. The van der Waals surface area contributed by atoms with E-state index in [1.807, 2.05) is 0 Å². The average Bonchev–Trinajstić information content (AvgIpc) is 2.28. The van der Waals surface area contributed by atoms with Gasteiger partial charge in [0.15, 0.2) is 17.3 Å². The second-order valence-electron chi connectivity index (χ2n) is 3.28. The Morgan fingerprint density at radius 3 is 2.59 bits per heavy atom. The number of carbonyl (C=O) groups excluding carboxylic acids is 1. The molecule has 0 aliphatic carbocycles. The highest BCUT2D eigenvalue weighted by Crippen LogP contribution is 2.43. The van der Waals surface area contributed by atoms with E-state index in [9.17, 15) is 9.90 Å². The maximum absolute atomic E-state index is 11.7. The van der Waals surface area contributed by atoms with E-state index in [-0.39, 0.29) is 46.6 Å². The normalized spacial score (nSPS) is 10.1. The number of benzene rings is 1. The van der Waals surface area contributed by atoms with Crippen molar-refractivity contribution in [1.29, 1.82) is 0 Å². The molecule has 6 heteroatoms. The molecule has 0 aliphatic rings. The van der Waals surface area contributed by atoms with Crippen LogP contribution in [0.25, 0.3) is 0 Å². The number of aromatic hydroxyl groups is 1. The van der Waals surface area contributed by atoms with Crippen molar-refractivity contribution in [1.82, 2.24) is 0 Å².